The average Bonchev–Trinajstić information content (AvgIpc) is 3.42. The molecule has 0 radical (unpaired) electrons. The number of thiophene rings is 1. The number of para-hydroxylation sites is 1. The lowest BCUT2D eigenvalue weighted by molar-refractivity contribution is 0.0775. The third-order valence-corrected chi connectivity index (χ3v) is 8.23. The van der Waals surface area contributed by atoms with Crippen LogP contribution in [-0.4, -0.2) is 18.5 Å². The Morgan fingerprint density at radius 2 is 1.76 bits per heavy atom. The Bertz CT molecular complexity index is 1340. The van der Waals surface area contributed by atoms with Crippen LogP contribution in [0, 0.1) is 0 Å². The van der Waals surface area contributed by atoms with Gasteiger partial charge in [-0.2, -0.15) is 0 Å². The smallest absolute Gasteiger partial charge is 0.228 e. The lowest BCUT2D eigenvalue weighted by atomic mass is 9.77. The lowest BCUT2D eigenvalue weighted by Gasteiger charge is -2.46. The molecule has 2 aliphatic heterocycles. The van der Waals surface area contributed by atoms with Crippen molar-refractivity contribution in [2.45, 2.75) is 44.2 Å². The molecule has 0 N–H and O–H groups in total. The van der Waals surface area contributed by atoms with Gasteiger partial charge < -0.3 is 9.64 Å². The van der Waals surface area contributed by atoms with Gasteiger partial charge >= 0.3 is 0 Å². The molecular formula is C29H28N2OS. The summed E-state index contributed by atoms with van der Waals surface area (Å²) in [6.45, 7) is 5.51. The highest BCUT2D eigenvalue weighted by atomic mass is 32.1. The molecule has 4 heteroatoms. The fraction of sp³-hybridized carbons (Fsp3) is 0.276. The van der Waals surface area contributed by atoms with Crippen LogP contribution in [0.5, 0.6) is 5.75 Å². The number of unbranched alkanes of at least 4 members (excludes halogenated alkanes) is 1. The number of aryl methyl sites for hydroxylation is 1. The molecule has 4 aromatic rings. The second-order valence-electron chi connectivity index (χ2n) is 9.52. The van der Waals surface area contributed by atoms with Crippen LogP contribution in [0.4, 0.5) is 11.4 Å². The molecule has 1 aromatic heterocycles. The summed E-state index contributed by atoms with van der Waals surface area (Å²) in [5.41, 5.74) is 2.62. The van der Waals surface area contributed by atoms with E-state index in [0.29, 0.717) is 0 Å². The van der Waals surface area contributed by atoms with E-state index in [-0.39, 0.29) is 5.41 Å². The van der Waals surface area contributed by atoms with E-state index in [0.717, 1.165) is 42.6 Å². The van der Waals surface area contributed by atoms with Crippen LogP contribution in [0.25, 0.3) is 10.8 Å². The third-order valence-electron chi connectivity index (χ3n) is 7.30. The van der Waals surface area contributed by atoms with Crippen molar-refractivity contribution in [2.24, 2.45) is 4.99 Å². The minimum absolute atomic E-state index is 0.246. The van der Waals surface area contributed by atoms with Gasteiger partial charge in [0.05, 0.1) is 11.6 Å². The summed E-state index contributed by atoms with van der Waals surface area (Å²) in [6, 6.07) is 25.7. The highest BCUT2D eigenvalue weighted by Crippen LogP contribution is 2.54. The van der Waals surface area contributed by atoms with Gasteiger partial charge in [0, 0.05) is 22.5 Å². The molecule has 3 aromatic carbocycles. The van der Waals surface area contributed by atoms with E-state index < -0.39 is 5.72 Å². The maximum atomic E-state index is 6.98. The zero-order chi connectivity index (χ0) is 22.5. The molecule has 33 heavy (non-hydrogen) atoms. The van der Waals surface area contributed by atoms with E-state index in [4.69, 9.17) is 9.73 Å². The first-order valence-corrected chi connectivity index (χ1v) is 12.6. The summed E-state index contributed by atoms with van der Waals surface area (Å²) in [5, 5.41) is 4.49. The number of fused-ring (bicyclic) bond motifs is 4. The zero-order valence-electron chi connectivity index (χ0n) is 19.1. The first-order valence-electron chi connectivity index (χ1n) is 11.8. The molecule has 1 unspecified atom stereocenters. The summed E-state index contributed by atoms with van der Waals surface area (Å²) in [5.74, 6) is 0.862. The zero-order valence-corrected chi connectivity index (χ0v) is 19.9. The summed E-state index contributed by atoms with van der Waals surface area (Å²) < 4.78 is 6.98. The topological polar surface area (TPSA) is 24.8 Å². The summed E-state index contributed by atoms with van der Waals surface area (Å²) in [7, 11) is 0. The molecule has 3 nitrogen and oxygen atoms in total. The number of anilines is 1. The van der Waals surface area contributed by atoms with Crippen LogP contribution in [0.15, 0.2) is 83.2 Å². The molecule has 1 atom stereocenters. The molecular weight excluding hydrogens is 424 g/mol. The van der Waals surface area contributed by atoms with Crippen LogP contribution in [0.3, 0.4) is 0 Å². The summed E-state index contributed by atoms with van der Waals surface area (Å²) in [4.78, 5) is 8.98. The third kappa shape index (κ3) is 3.12. The van der Waals surface area contributed by atoms with E-state index in [1.165, 1.54) is 21.5 Å². The van der Waals surface area contributed by atoms with Crippen LogP contribution in [-0.2, 0) is 11.8 Å². The van der Waals surface area contributed by atoms with Gasteiger partial charge in [0.1, 0.15) is 11.4 Å². The molecule has 0 amide bonds. The molecule has 6 rings (SSSR count). The van der Waals surface area contributed by atoms with Crippen LogP contribution < -0.4 is 9.64 Å². The molecule has 0 fully saturated rings. The number of aliphatic imine (C=N–C) groups is 1. The molecule has 2 aliphatic rings. The molecule has 166 valence electrons. The second-order valence-corrected chi connectivity index (χ2v) is 10.6. The van der Waals surface area contributed by atoms with Gasteiger partial charge in [0.15, 0.2) is 0 Å². The normalized spacial score (nSPS) is 20.1. The maximum absolute atomic E-state index is 6.98. The molecule has 0 bridgehead atoms. The second kappa shape index (κ2) is 7.74. The van der Waals surface area contributed by atoms with Gasteiger partial charge in [-0.15, -0.1) is 11.3 Å². The number of benzene rings is 3. The van der Waals surface area contributed by atoms with E-state index in [1.807, 2.05) is 11.3 Å². The van der Waals surface area contributed by atoms with Crippen LogP contribution in [0.1, 0.15) is 37.1 Å². The van der Waals surface area contributed by atoms with E-state index in [2.05, 4.69) is 103 Å². The first kappa shape index (κ1) is 20.5. The Hall–Kier alpha value is -3.11. The Labute approximate surface area is 199 Å². The lowest BCUT2D eigenvalue weighted by Crippen LogP contribution is -2.62. The highest BCUT2D eigenvalue weighted by molar-refractivity contribution is 7.09. The van der Waals surface area contributed by atoms with Gasteiger partial charge in [-0.1, -0.05) is 54.6 Å². The standard InChI is InChI=1S/C29H28N2OS/c1-28(2)24-14-5-6-15-25(24)31(18-8-7-11-22-12-9-19-33-22)29(28)20-30-27-23-13-4-3-10-21(23)16-17-26(27)32-29/h3-6,9-10,12-17,19-20H,7-8,11,18H2,1-2H3. The van der Waals surface area contributed by atoms with Crippen molar-refractivity contribution < 1.29 is 4.74 Å². The van der Waals surface area contributed by atoms with Crippen molar-refractivity contribution in [1.82, 2.24) is 0 Å². The van der Waals surface area contributed by atoms with Crippen molar-refractivity contribution in [2.75, 3.05) is 11.4 Å². The van der Waals surface area contributed by atoms with Gasteiger partial charge in [-0.3, -0.25) is 4.99 Å². The van der Waals surface area contributed by atoms with Crippen molar-refractivity contribution in [3.63, 3.8) is 0 Å². The van der Waals surface area contributed by atoms with Crippen molar-refractivity contribution in [1.29, 1.82) is 0 Å². The Balaban J connectivity index is 1.37. The number of rotatable bonds is 5. The molecule has 0 saturated heterocycles. The Morgan fingerprint density at radius 3 is 2.64 bits per heavy atom. The van der Waals surface area contributed by atoms with E-state index in [9.17, 15) is 0 Å². The van der Waals surface area contributed by atoms with E-state index >= 15 is 0 Å². The predicted octanol–water partition coefficient (Wildman–Crippen LogP) is 7.51. The average molecular weight is 453 g/mol. The number of hydrogen-bond acceptors (Lipinski definition) is 4. The largest absolute Gasteiger partial charge is 0.459 e. The van der Waals surface area contributed by atoms with E-state index in [1.54, 1.807) is 0 Å². The van der Waals surface area contributed by atoms with Gasteiger partial charge in [-0.25, -0.2) is 0 Å². The van der Waals surface area contributed by atoms with Crippen molar-refractivity contribution >= 4 is 39.7 Å². The number of nitrogens with zero attached hydrogens (tertiary/aromatic N) is 2. The predicted molar refractivity (Wildman–Crippen MR) is 140 cm³/mol. The minimum atomic E-state index is -0.644. The highest BCUT2D eigenvalue weighted by Gasteiger charge is 2.59. The monoisotopic (exact) mass is 452 g/mol. The number of ether oxygens (including phenoxy) is 1. The first-order chi connectivity index (χ1) is 16.1. The number of hydrogen-bond donors (Lipinski definition) is 0. The van der Waals surface area contributed by atoms with Crippen LogP contribution >= 0.6 is 11.3 Å². The molecule has 0 saturated carbocycles. The molecule has 3 heterocycles. The van der Waals surface area contributed by atoms with Gasteiger partial charge in [0.2, 0.25) is 5.72 Å². The Morgan fingerprint density at radius 1 is 0.909 bits per heavy atom. The summed E-state index contributed by atoms with van der Waals surface area (Å²) >= 11 is 1.85. The minimum Gasteiger partial charge on any atom is -0.459 e. The van der Waals surface area contributed by atoms with Gasteiger partial charge in [0.25, 0.3) is 0 Å². The quantitative estimate of drug-likeness (QED) is 0.293. The van der Waals surface area contributed by atoms with Gasteiger partial charge in [-0.05, 0) is 67.6 Å². The fourth-order valence-corrected chi connectivity index (χ4v) is 6.22. The summed E-state index contributed by atoms with van der Waals surface area (Å²) in [6.07, 6.45) is 5.47. The molecule has 0 aliphatic carbocycles. The van der Waals surface area contributed by atoms with Crippen LogP contribution in [0.2, 0.25) is 0 Å². The maximum Gasteiger partial charge on any atom is 0.228 e. The Kier molecular flexibility index (Phi) is 4.81. The van der Waals surface area contributed by atoms with Crippen molar-refractivity contribution in [3.05, 3.63) is 88.6 Å². The SMILES string of the molecule is CC1(C)c2ccccc2N(CCCCc2cccs2)C12C=Nc1c(ccc3ccccc13)O2. The fourth-order valence-electron chi connectivity index (χ4n) is 5.47. The molecule has 1 spiro atoms. The van der Waals surface area contributed by atoms with Crippen molar-refractivity contribution in [3.8, 4) is 5.75 Å².